The van der Waals surface area contributed by atoms with E-state index in [2.05, 4.69) is 29.5 Å². The highest BCUT2D eigenvalue weighted by atomic mass is 127. The summed E-state index contributed by atoms with van der Waals surface area (Å²) in [4.78, 5) is 11.8. The normalized spacial score (nSPS) is 11.3. The lowest BCUT2D eigenvalue weighted by atomic mass is 10.1. The van der Waals surface area contributed by atoms with Gasteiger partial charge in [-0.05, 0) is 47.2 Å². The number of nitrogens with zero attached hydrogens (tertiary/aromatic N) is 1. The van der Waals surface area contributed by atoms with E-state index in [1.54, 1.807) is 4.57 Å². The van der Waals surface area contributed by atoms with Crippen LogP contribution in [0.15, 0.2) is 27.4 Å². The van der Waals surface area contributed by atoms with E-state index in [0.717, 1.165) is 22.1 Å². The highest BCUT2D eigenvalue weighted by molar-refractivity contribution is 14.1. The molecule has 110 valence electrons. The second kappa shape index (κ2) is 7.86. The molecule has 0 saturated heterocycles. The van der Waals surface area contributed by atoms with Crippen molar-refractivity contribution < 1.29 is 4.42 Å². The average molecular weight is 387 g/mol. The van der Waals surface area contributed by atoms with Crippen LogP contribution in [-0.2, 0) is 6.54 Å². The maximum absolute atomic E-state index is 11.8. The molecule has 1 aromatic heterocycles. The van der Waals surface area contributed by atoms with Gasteiger partial charge in [-0.25, -0.2) is 4.79 Å². The first-order valence-electron chi connectivity index (χ1n) is 7.51. The van der Waals surface area contributed by atoms with Gasteiger partial charge in [0, 0.05) is 10.1 Å². The first-order chi connectivity index (χ1) is 9.72. The Morgan fingerprint density at radius 1 is 1.10 bits per heavy atom. The van der Waals surface area contributed by atoms with Crippen LogP contribution in [0.4, 0.5) is 0 Å². The van der Waals surface area contributed by atoms with Crippen LogP contribution in [0.1, 0.15) is 51.9 Å². The van der Waals surface area contributed by atoms with Gasteiger partial charge in [0.1, 0.15) is 0 Å². The van der Waals surface area contributed by atoms with E-state index in [9.17, 15) is 4.79 Å². The summed E-state index contributed by atoms with van der Waals surface area (Å²) in [5, 5.41) is 0. The Kier molecular flexibility index (Phi) is 6.13. The molecule has 3 nitrogen and oxygen atoms in total. The molecule has 0 radical (unpaired) electrons. The summed E-state index contributed by atoms with van der Waals surface area (Å²) in [6.07, 6.45) is 8.78. The minimum Gasteiger partial charge on any atom is -0.408 e. The highest BCUT2D eigenvalue weighted by Crippen LogP contribution is 2.17. The molecule has 0 N–H and O–H groups in total. The third-order valence-electron chi connectivity index (χ3n) is 3.62. The molecule has 4 heteroatoms. The largest absolute Gasteiger partial charge is 0.419 e. The van der Waals surface area contributed by atoms with Crippen molar-refractivity contribution in [3.8, 4) is 0 Å². The number of oxazole rings is 1. The van der Waals surface area contributed by atoms with Crippen LogP contribution < -0.4 is 5.76 Å². The predicted molar refractivity (Wildman–Crippen MR) is 91.2 cm³/mol. The van der Waals surface area contributed by atoms with Gasteiger partial charge in [-0.15, -0.1) is 0 Å². The fraction of sp³-hybridized carbons (Fsp3) is 0.562. The van der Waals surface area contributed by atoms with Gasteiger partial charge < -0.3 is 4.42 Å². The quantitative estimate of drug-likeness (QED) is 0.475. The second-order valence-electron chi connectivity index (χ2n) is 5.25. The van der Waals surface area contributed by atoms with Crippen LogP contribution in [-0.4, -0.2) is 4.57 Å². The average Bonchev–Trinajstić information content (AvgIpc) is 2.73. The molecular formula is C16H22INO2. The Bertz CT molecular complexity index is 600. The molecule has 0 aliphatic heterocycles. The summed E-state index contributed by atoms with van der Waals surface area (Å²) in [7, 11) is 0. The van der Waals surface area contributed by atoms with Crippen molar-refractivity contribution in [3.63, 3.8) is 0 Å². The molecule has 0 atom stereocenters. The predicted octanol–water partition coefficient (Wildman–Crippen LogP) is 4.95. The molecule has 1 heterocycles. The summed E-state index contributed by atoms with van der Waals surface area (Å²) in [5.41, 5.74) is 1.62. The molecule has 0 fully saturated rings. The summed E-state index contributed by atoms with van der Waals surface area (Å²) >= 11 is 2.23. The number of hydrogen-bond donors (Lipinski definition) is 0. The molecule has 1 aromatic carbocycles. The van der Waals surface area contributed by atoms with Crippen LogP contribution in [0.3, 0.4) is 0 Å². The first-order valence-corrected chi connectivity index (χ1v) is 8.59. The van der Waals surface area contributed by atoms with Gasteiger partial charge in [0.2, 0.25) is 0 Å². The van der Waals surface area contributed by atoms with Crippen LogP contribution in [0.2, 0.25) is 0 Å². The number of unbranched alkanes of at least 4 members (excludes halogenated alkanes) is 6. The number of fused-ring (bicyclic) bond motifs is 1. The molecule has 2 aromatic rings. The van der Waals surface area contributed by atoms with E-state index in [1.807, 2.05) is 18.2 Å². The number of rotatable bonds is 8. The summed E-state index contributed by atoms with van der Waals surface area (Å²) in [5.74, 6) is -0.229. The number of aryl methyl sites for hydroxylation is 1. The van der Waals surface area contributed by atoms with Crippen LogP contribution in [0, 0.1) is 3.57 Å². The van der Waals surface area contributed by atoms with Crippen molar-refractivity contribution in [1.82, 2.24) is 4.57 Å². The monoisotopic (exact) mass is 387 g/mol. The standard InChI is InChI=1S/C16H22INO2/c1-2-3-4-5-6-7-8-11-18-14-10-9-13(17)12-15(14)20-16(18)19/h9-10,12H,2-8,11H2,1H3. The Morgan fingerprint density at radius 2 is 1.80 bits per heavy atom. The Morgan fingerprint density at radius 3 is 2.55 bits per heavy atom. The Balaban J connectivity index is 1.87. The number of aromatic nitrogens is 1. The summed E-state index contributed by atoms with van der Waals surface area (Å²) in [6, 6.07) is 5.90. The Labute approximate surface area is 133 Å². The molecule has 0 saturated carbocycles. The summed E-state index contributed by atoms with van der Waals surface area (Å²) in [6.45, 7) is 3.00. The van der Waals surface area contributed by atoms with Gasteiger partial charge in [-0.2, -0.15) is 0 Å². The van der Waals surface area contributed by atoms with Crippen LogP contribution >= 0.6 is 22.6 Å². The van der Waals surface area contributed by atoms with E-state index in [1.165, 1.54) is 38.5 Å². The topological polar surface area (TPSA) is 35.1 Å². The lowest BCUT2D eigenvalue weighted by molar-refractivity contribution is 0.484. The molecule has 2 rings (SSSR count). The zero-order chi connectivity index (χ0) is 14.4. The minimum absolute atomic E-state index is 0.229. The van der Waals surface area contributed by atoms with Gasteiger partial charge in [-0.1, -0.05) is 45.4 Å². The van der Waals surface area contributed by atoms with Gasteiger partial charge in [0.05, 0.1) is 5.52 Å². The minimum atomic E-state index is -0.229. The van der Waals surface area contributed by atoms with E-state index < -0.39 is 0 Å². The zero-order valence-electron chi connectivity index (χ0n) is 12.0. The molecule has 0 bridgehead atoms. The SMILES string of the molecule is CCCCCCCCCn1c(=O)oc2cc(I)ccc21. The molecule has 0 spiro atoms. The number of halogens is 1. The molecule has 20 heavy (non-hydrogen) atoms. The van der Waals surface area contributed by atoms with Gasteiger partial charge >= 0.3 is 5.76 Å². The fourth-order valence-electron chi connectivity index (χ4n) is 2.48. The second-order valence-corrected chi connectivity index (χ2v) is 6.50. The summed E-state index contributed by atoms with van der Waals surface area (Å²) < 4.78 is 8.14. The maximum Gasteiger partial charge on any atom is 0.419 e. The molecule has 0 amide bonds. The highest BCUT2D eigenvalue weighted by Gasteiger charge is 2.08. The van der Waals surface area contributed by atoms with E-state index in [-0.39, 0.29) is 5.76 Å². The molecule has 0 aliphatic carbocycles. The number of hydrogen-bond acceptors (Lipinski definition) is 2. The van der Waals surface area contributed by atoms with E-state index in [4.69, 9.17) is 4.42 Å². The van der Waals surface area contributed by atoms with Crippen molar-refractivity contribution in [3.05, 3.63) is 32.3 Å². The van der Waals surface area contributed by atoms with Crippen molar-refractivity contribution in [2.75, 3.05) is 0 Å². The van der Waals surface area contributed by atoms with E-state index in [0.29, 0.717) is 5.58 Å². The van der Waals surface area contributed by atoms with Gasteiger partial charge in [-0.3, -0.25) is 4.57 Å². The number of benzene rings is 1. The van der Waals surface area contributed by atoms with Gasteiger partial charge in [0.25, 0.3) is 0 Å². The smallest absolute Gasteiger partial charge is 0.408 e. The zero-order valence-corrected chi connectivity index (χ0v) is 14.2. The lowest BCUT2D eigenvalue weighted by Gasteiger charge is -2.03. The van der Waals surface area contributed by atoms with Gasteiger partial charge in [0.15, 0.2) is 5.58 Å². The molecule has 0 unspecified atom stereocenters. The maximum atomic E-state index is 11.8. The first kappa shape index (κ1) is 15.6. The van der Waals surface area contributed by atoms with Crippen molar-refractivity contribution in [2.45, 2.75) is 58.4 Å². The van der Waals surface area contributed by atoms with Crippen LogP contribution in [0.25, 0.3) is 11.1 Å². The van der Waals surface area contributed by atoms with Crippen molar-refractivity contribution in [1.29, 1.82) is 0 Å². The molecule has 0 aliphatic rings. The third-order valence-corrected chi connectivity index (χ3v) is 4.29. The Hall–Kier alpha value is -0.780. The lowest BCUT2D eigenvalue weighted by Crippen LogP contribution is -2.14. The van der Waals surface area contributed by atoms with Crippen molar-refractivity contribution >= 4 is 33.7 Å². The van der Waals surface area contributed by atoms with Crippen LogP contribution in [0.5, 0.6) is 0 Å². The van der Waals surface area contributed by atoms with Crippen molar-refractivity contribution in [2.24, 2.45) is 0 Å². The fourth-order valence-corrected chi connectivity index (χ4v) is 2.94. The van der Waals surface area contributed by atoms with E-state index >= 15 is 0 Å². The molecular weight excluding hydrogens is 365 g/mol. The third kappa shape index (κ3) is 4.11.